The first-order chi connectivity index (χ1) is 8.93. The molecule has 0 saturated carbocycles. The molecule has 108 valence electrons. The maximum absolute atomic E-state index is 5.81. The van der Waals surface area contributed by atoms with E-state index >= 15 is 0 Å². The van der Waals surface area contributed by atoms with Crippen molar-refractivity contribution in [3.63, 3.8) is 0 Å². The number of hydrogen-bond acceptors (Lipinski definition) is 3. The Bertz CT molecular complexity index is 393. The number of hydrogen-bond donors (Lipinski definition) is 1. The molecule has 1 heterocycles. The summed E-state index contributed by atoms with van der Waals surface area (Å²) in [4.78, 5) is 2.38. The highest BCUT2D eigenvalue weighted by molar-refractivity contribution is 5.21. The molecule has 0 aromatic carbocycles. The Kier molecular flexibility index (Phi) is 6.32. The second-order valence-electron chi connectivity index (χ2n) is 5.64. The lowest BCUT2D eigenvalue weighted by Crippen LogP contribution is -2.30. The van der Waals surface area contributed by atoms with E-state index in [0.717, 1.165) is 31.2 Å². The predicted octanol–water partition coefficient (Wildman–Crippen LogP) is 3.48. The first-order valence-electron chi connectivity index (χ1n) is 7.10. The Morgan fingerprint density at radius 2 is 2.05 bits per heavy atom. The summed E-state index contributed by atoms with van der Waals surface area (Å²) in [5, 5.41) is 3.38. The Morgan fingerprint density at radius 3 is 2.58 bits per heavy atom. The molecule has 3 nitrogen and oxygen atoms in total. The average molecular weight is 264 g/mol. The van der Waals surface area contributed by atoms with Crippen LogP contribution in [0.25, 0.3) is 0 Å². The fourth-order valence-electron chi connectivity index (χ4n) is 1.98. The minimum absolute atomic E-state index is 0.474. The van der Waals surface area contributed by atoms with E-state index in [1.807, 2.05) is 13.0 Å². The predicted molar refractivity (Wildman–Crippen MR) is 81.2 cm³/mol. The average Bonchev–Trinajstić information content (AvgIpc) is 2.67. The summed E-state index contributed by atoms with van der Waals surface area (Å²) in [6.45, 7) is 17.2. The molecule has 0 atom stereocenters. The third-order valence-corrected chi connectivity index (χ3v) is 3.22. The Balaban J connectivity index is 2.69. The lowest BCUT2D eigenvalue weighted by Gasteiger charge is -2.24. The van der Waals surface area contributed by atoms with Gasteiger partial charge in [0, 0.05) is 30.7 Å². The van der Waals surface area contributed by atoms with Gasteiger partial charge in [-0.3, -0.25) is 4.90 Å². The molecule has 3 heteroatoms. The van der Waals surface area contributed by atoms with Crippen LogP contribution >= 0.6 is 0 Å². The molecule has 1 aromatic heterocycles. The van der Waals surface area contributed by atoms with Gasteiger partial charge in [-0.2, -0.15) is 0 Å². The lowest BCUT2D eigenvalue weighted by molar-refractivity contribution is 0.236. The number of nitrogens with one attached hydrogen (secondary N) is 1. The van der Waals surface area contributed by atoms with Gasteiger partial charge in [0.2, 0.25) is 0 Å². The van der Waals surface area contributed by atoms with Crippen LogP contribution in [-0.2, 0) is 13.1 Å². The van der Waals surface area contributed by atoms with Crippen molar-refractivity contribution in [3.05, 3.63) is 35.8 Å². The maximum atomic E-state index is 5.81. The van der Waals surface area contributed by atoms with Crippen molar-refractivity contribution in [2.24, 2.45) is 0 Å². The lowest BCUT2D eigenvalue weighted by atomic mass is 10.2. The second kappa shape index (κ2) is 7.51. The van der Waals surface area contributed by atoms with Crippen molar-refractivity contribution in [2.75, 3.05) is 6.54 Å². The van der Waals surface area contributed by atoms with E-state index in [2.05, 4.69) is 50.6 Å². The molecule has 0 bridgehead atoms. The van der Waals surface area contributed by atoms with E-state index < -0.39 is 0 Å². The molecule has 0 fully saturated rings. The molecular formula is C16H28N2O. The molecule has 0 radical (unpaired) electrons. The zero-order chi connectivity index (χ0) is 14.4. The SMILES string of the molecule is C=CCN(Cc1cc(CNC(C)C)oc1C)C(C)C. The highest BCUT2D eigenvalue weighted by Crippen LogP contribution is 2.18. The molecule has 0 aliphatic carbocycles. The van der Waals surface area contributed by atoms with Crippen LogP contribution in [-0.4, -0.2) is 23.5 Å². The molecule has 0 aliphatic rings. The van der Waals surface area contributed by atoms with Crippen LogP contribution in [0, 0.1) is 6.92 Å². The van der Waals surface area contributed by atoms with Crippen LogP contribution in [0.15, 0.2) is 23.1 Å². The van der Waals surface area contributed by atoms with Gasteiger partial charge in [-0.15, -0.1) is 6.58 Å². The smallest absolute Gasteiger partial charge is 0.118 e. The van der Waals surface area contributed by atoms with Crippen LogP contribution in [0.4, 0.5) is 0 Å². The van der Waals surface area contributed by atoms with Gasteiger partial charge in [-0.1, -0.05) is 19.9 Å². The molecular weight excluding hydrogens is 236 g/mol. The van der Waals surface area contributed by atoms with Gasteiger partial charge < -0.3 is 9.73 Å². The van der Waals surface area contributed by atoms with Crippen LogP contribution in [0.2, 0.25) is 0 Å². The number of rotatable bonds is 8. The van der Waals surface area contributed by atoms with E-state index in [4.69, 9.17) is 4.42 Å². The molecule has 0 saturated heterocycles. The first kappa shape index (κ1) is 16.0. The van der Waals surface area contributed by atoms with Gasteiger partial charge in [0.15, 0.2) is 0 Å². The summed E-state index contributed by atoms with van der Waals surface area (Å²) < 4.78 is 5.81. The van der Waals surface area contributed by atoms with Crippen LogP contribution in [0.5, 0.6) is 0 Å². The zero-order valence-corrected chi connectivity index (χ0v) is 13.0. The number of furan rings is 1. The van der Waals surface area contributed by atoms with Crippen molar-refractivity contribution < 1.29 is 4.42 Å². The highest BCUT2D eigenvalue weighted by Gasteiger charge is 2.13. The summed E-state index contributed by atoms with van der Waals surface area (Å²) in [6.07, 6.45) is 1.96. The molecule has 1 aromatic rings. The Labute approximate surface area is 117 Å². The standard InChI is InChI=1S/C16H28N2O/c1-7-8-18(13(4)5)11-15-9-16(19-14(15)6)10-17-12(2)3/h7,9,12-13,17H,1,8,10-11H2,2-6H3. The van der Waals surface area contributed by atoms with E-state index in [9.17, 15) is 0 Å². The minimum Gasteiger partial charge on any atom is -0.465 e. The summed E-state index contributed by atoms with van der Waals surface area (Å²) in [7, 11) is 0. The van der Waals surface area contributed by atoms with Crippen molar-refractivity contribution in [3.8, 4) is 0 Å². The summed E-state index contributed by atoms with van der Waals surface area (Å²) in [6, 6.07) is 3.15. The molecule has 0 amide bonds. The van der Waals surface area contributed by atoms with Crippen LogP contribution < -0.4 is 5.32 Å². The molecule has 0 spiro atoms. The van der Waals surface area contributed by atoms with Gasteiger partial charge in [0.25, 0.3) is 0 Å². The fourth-order valence-corrected chi connectivity index (χ4v) is 1.98. The van der Waals surface area contributed by atoms with Gasteiger partial charge >= 0.3 is 0 Å². The summed E-state index contributed by atoms with van der Waals surface area (Å²) in [5.41, 5.74) is 1.27. The van der Waals surface area contributed by atoms with Gasteiger partial charge in [0.05, 0.1) is 6.54 Å². The van der Waals surface area contributed by atoms with E-state index in [1.54, 1.807) is 0 Å². The normalized spacial score (nSPS) is 11.8. The van der Waals surface area contributed by atoms with Gasteiger partial charge in [-0.25, -0.2) is 0 Å². The van der Waals surface area contributed by atoms with E-state index in [-0.39, 0.29) is 0 Å². The molecule has 0 aliphatic heterocycles. The zero-order valence-electron chi connectivity index (χ0n) is 13.0. The Hall–Kier alpha value is -1.06. The quantitative estimate of drug-likeness (QED) is 0.729. The largest absolute Gasteiger partial charge is 0.465 e. The van der Waals surface area contributed by atoms with Crippen LogP contribution in [0.1, 0.15) is 44.8 Å². The monoisotopic (exact) mass is 264 g/mol. The van der Waals surface area contributed by atoms with Gasteiger partial charge in [-0.05, 0) is 26.8 Å². The number of aryl methyl sites for hydroxylation is 1. The minimum atomic E-state index is 0.474. The molecule has 1 N–H and O–H groups in total. The van der Waals surface area contributed by atoms with Crippen molar-refractivity contribution in [1.82, 2.24) is 10.2 Å². The van der Waals surface area contributed by atoms with Crippen molar-refractivity contribution in [1.29, 1.82) is 0 Å². The Morgan fingerprint density at radius 1 is 1.37 bits per heavy atom. The third-order valence-electron chi connectivity index (χ3n) is 3.22. The van der Waals surface area contributed by atoms with E-state index in [1.165, 1.54) is 5.56 Å². The molecule has 0 unspecified atom stereocenters. The van der Waals surface area contributed by atoms with Crippen LogP contribution in [0.3, 0.4) is 0 Å². The third kappa shape index (κ3) is 5.21. The summed E-state index contributed by atoms with van der Waals surface area (Å²) >= 11 is 0. The van der Waals surface area contributed by atoms with Crippen molar-refractivity contribution >= 4 is 0 Å². The summed E-state index contributed by atoms with van der Waals surface area (Å²) in [5.74, 6) is 2.04. The maximum Gasteiger partial charge on any atom is 0.118 e. The van der Waals surface area contributed by atoms with Gasteiger partial charge in [0.1, 0.15) is 11.5 Å². The van der Waals surface area contributed by atoms with E-state index in [0.29, 0.717) is 12.1 Å². The molecule has 1 rings (SSSR count). The van der Waals surface area contributed by atoms with Crippen molar-refractivity contribution in [2.45, 2.75) is 59.8 Å². The first-order valence-corrected chi connectivity index (χ1v) is 7.10. The molecule has 19 heavy (non-hydrogen) atoms. The topological polar surface area (TPSA) is 28.4 Å². The second-order valence-corrected chi connectivity index (χ2v) is 5.64. The number of nitrogens with zero attached hydrogens (tertiary/aromatic N) is 1. The highest BCUT2D eigenvalue weighted by atomic mass is 16.3. The fraction of sp³-hybridized carbons (Fsp3) is 0.625.